The van der Waals surface area contributed by atoms with Gasteiger partial charge in [0, 0.05) is 0 Å². The van der Waals surface area contributed by atoms with Crippen molar-refractivity contribution in [1.82, 2.24) is 0 Å². The van der Waals surface area contributed by atoms with Gasteiger partial charge < -0.3 is 14.7 Å². The highest BCUT2D eigenvalue weighted by Crippen LogP contribution is 2.10. The number of aliphatic hydroxyl groups is 1. The van der Waals surface area contributed by atoms with Gasteiger partial charge in [0.15, 0.2) is 0 Å². The Kier molecular flexibility index (Phi) is 16.3. The summed E-state index contributed by atoms with van der Waals surface area (Å²) in [6.45, 7) is 3.66. The van der Waals surface area contributed by atoms with Crippen LogP contribution in [-0.4, -0.2) is 54.0 Å². The molecule has 4 heteroatoms. The third-order valence-corrected chi connectivity index (χ3v) is 4.78. The predicted molar refractivity (Wildman–Crippen MR) is 115 cm³/mol. The number of carboxylic acids is 1. The van der Waals surface area contributed by atoms with E-state index in [1.165, 1.54) is 57.8 Å². The predicted octanol–water partition coefficient (Wildman–Crippen LogP) is 5.32. The number of likely N-dealkylation sites (N-methyl/N-ethyl adjacent to an activating group) is 1. The van der Waals surface area contributed by atoms with Gasteiger partial charge in [0.05, 0.1) is 27.1 Å². The molecule has 0 radical (unpaired) electrons. The van der Waals surface area contributed by atoms with Crippen molar-refractivity contribution in [1.29, 1.82) is 0 Å². The highest BCUT2D eigenvalue weighted by Gasteiger charge is 2.21. The van der Waals surface area contributed by atoms with Gasteiger partial charge in [0.25, 0.3) is 0 Å². The molecule has 158 valence electrons. The third kappa shape index (κ3) is 19.4. The van der Waals surface area contributed by atoms with Crippen molar-refractivity contribution in [2.75, 3.05) is 27.2 Å². The zero-order valence-corrected chi connectivity index (χ0v) is 18.0. The zero-order chi connectivity index (χ0) is 20.4. The molecular weight excluding hydrogens is 338 g/mol. The number of unbranched alkanes of at least 4 members (excludes halogenated alkanes) is 8. The Morgan fingerprint density at radius 3 is 1.85 bits per heavy atom. The fourth-order valence-corrected chi connectivity index (χ4v) is 3.26. The normalized spacial score (nSPS) is 13.6. The lowest BCUT2D eigenvalue weighted by molar-refractivity contribution is -0.893. The average molecular weight is 383 g/mol. The summed E-state index contributed by atoms with van der Waals surface area (Å²) >= 11 is 0. The van der Waals surface area contributed by atoms with Crippen molar-refractivity contribution < 1.29 is 19.5 Å². The highest BCUT2D eigenvalue weighted by atomic mass is 16.4. The Morgan fingerprint density at radius 1 is 0.852 bits per heavy atom. The molecule has 27 heavy (non-hydrogen) atoms. The first-order valence-corrected chi connectivity index (χ1v) is 10.9. The molecule has 0 bridgehead atoms. The van der Waals surface area contributed by atoms with Crippen LogP contribution in [-0.2, 0) is 4.79 Å². The minimum atomic E-state index is -0.936. The number of rotatable bonds is 18. The average Bonchev–Trinajstić information content (AvgIpc) is 2.57. The number of aliphatic carboxylic acids is 1. The molecule has 0 rings (SSSR count). The molecule has 1 unspecified atom stereocenters. The molecule has 0 amide bonds. The molecule has 0 saturated heterocycles. The van der Waals surface area contributed by atoms with E-state index < -0.39 is 12.1 Å². The first-order valence-electron chi connectivity index (χ1n) is 10.9. The standard InChI is InChI=1S/C23H43NO3/c1-4-5-6-7-8-9-10-11-12-13-14-15-16-17-18-19-24(2,3)21-22(25)20-23(26)27/h6-7,15-16,22,25H,4-5,8-14,17-21H2,1-3H3/p+1/b7-6+,16-15+. The monoisotopic (exact) mass is 382 g/mol. The van der Waals surface area contributed by atoms with Crippen molar-refractivity contribution in [3.8, 4) is 0 Å². The van der Waals surface area contributed by atoms with E-state index in [-0.39, 0.29) is 6.42 Å². The summed E-state index contributed by atoms with van der Waals surface area (Å²) in [5.74, 6) is -0.936. The van der Waals surface area contributed by atoms with Crippen LogP contribution in [0.15, 0.2) is 24.3 Å². The maximum Gasteiger partial charge on any atom is 0.306 e. The second-order valence-corrected chi connectivity index (χ2v) is 8.31. The fourth-order valence-electron chi connectivity index (χ4n) is 3.26. The van der Waals surface area contributed by atoms with E-state index in [2.05, 4.69) is 31.2 Å². The first-order chi connectivity index (χ1) is 12.9. The quantitative estimate of drug-likeness (QED) is 0.192. The summed E-state index contributed by atoms with van der Waals surface area (Å²) in [7, 11) is 4.10. The highest BCUT2D eigenvalue weighted by molar-refractivity contribution is 5.67. The van der Waals surface area contributed by atoms with Crippen LogP contribution in [0.4, 0.5) is 0 Å². The SMILES string of the molecule is CCC/C=C/CCCCCCC/C=C/CCC[N+](C)(C)CC(O)CC(=O)O. The van der Waals surface area contributed by atoms with E-state index in [0.717, 1.165) is 19.4 Å². The maximum atomic E-state index is 10.6. The van der Waals surface area contributed by atoms with Crippen molar-refractivity contribution >= 4 is 5.97 Å². The van der Waals surface area contributed by atoms with Crippen LogP contribution < -0.4 is 0 Å². The smallest absolute Gasteiger partial charge is 0.306 e. The lowest BCUT2D eigenvalue weighted by Gasteiger charge is -2.31. The molecular formula is C23H44NO3+. The van der Waals surface area contributed by atoms with Crippen LogP contribution in [0.1, 0.15) is 84.0 Å². The van der Waals surface area contributed by atoms with Gasteiger partial charge in [-0.2, -0.15) is 0 Å². The van der Waals surface area contributed by atoms with E-state index in [1.54, 1.807) is 0 Å². The van der Waals surface area contributed by atoms with Gasteiger partial charge in [-0.3, -0.25) is 4.79 Å². The molecule has 0 aliphatic heterocycles. The Hall–Kier alpha value is -1.13. The molecule has 0 aromatic carbocycles. The first kappa shape index (κ1) is 25.9. The molecule has 0 aromatic heterocycles. The van der Waals surface area contributed by atoms with Gasteiger partial charge in [-0.05, 0) is 44.9 Å². The van der Waals surface area contributed by atoms with Gasteiger partial charge in [0.2, 0.25) is 0 Å². The minimum Gasteiger partial charge on any atom is -0.481 e. The Bertz CT molecular complexity index is 416. The van der Waals surface area contributed by atoms with E-state index >= 15 is 0 Å². The lowest BCUT2D eigenvalue weighted by atomic mass is 10.1. The van der Waals surface area contributed by atoms with Crippen LogP contribution in [0, 0.1) is 0 Å². The van der Waals surface area contributed by atoms with Crippen LogP contribution in [0.3, 0.4) is 0 Å². The summed E-state index contributed by atoms with van der Waals surface area (Å²) in [5.41, 5.74) is 0. The summed E-state index contributed by atoms with van der Waals surface area (Å²) < 4.78 is 0.663. The molecule has 0 saturated carbocycles. The topological polar surface area (TPSA) is 57.5 Å². The molecule has 0 aliphatic rings. The summed E-state index contributed by atoms with van der Waals surface area (Å²) in [5, 5.41) is 18.5. The molecule has 0 spiro atoms. The Labute approximate surface area is 167 Å². The number of hydrogen-bond acceptors (Lipinski definition) is 2. The number of allylic oxidation sites excluding steroid dienone is 4. The third-order valence-electron chi connectivity index (χ3n) is 4.78. The molecule has 0 aromatic rings. The zero-order valence-electron chi connectivity index (χ0n) is 18.0. The summed E-state index contributed by atoms with van der Waals surface area (Å²) in [6.07, 6.45) is 21.9. The van der Waals surface area contributed by atoms with Crippen LogP contribution in [0.2, 0.25) is 0 Å². The van der Waals surface area contributed by atoms with Crippen LogP contribution in [0.5, 0.6) is 0 Å². The number of carboxylic acid groups (broad SMARTS) is 1. The molecule has 0 heterocycles. The second kappa shape index (κ2) is 17.0. The molecule has 1 atom stereocenters. The van der Waals surface area contributed by atoms with Gasteiger partial charge in [-0.1, -0.05) is 56.9 Å². The minimum absolute atomic E-state index is 0.170. The number of nitrogens with zero attached hydrogens (tertiary/aromatic N) is 1. The number of aliphatic hydroxyl groups excluding tert-OH is 1. The van der Waals surface area contributed by atoms with Crippen molar-refractivity contribution in [3.05, 3.63) is 24.3 Å². The van der Waals surface area contributed by atoms with Gasteiger partial charge in [-0.15, -0.1) is 0 Å². The van der Waals surface area contributed by atoms with Crippen molar-refractivity contribution in [2.45, 2.75) is 90.1 Å². The molecule has 0 aliphatic carbocycles. The molecule has 0 fully saturated rings. The maximum absolute atomic E-state index is 10.6. The number of carbonyl (C=O) groups is 1. The van der Waals surface area contributed by atoms with E-state index in [0.29, 0.717) is 11.0 Å². The number of hydrogen-bond donors (Lipinski definition) is 2. The van der Waals surface area contributed by atoms with Crippen LogP contribution >= 0.6 is 0 Å². The van der Waals surface area contributed by atoms with Gasteiger partial charge in [-0.25, -0.2) is 0 Å². The molecule has 4 nitrogen and oxygen atoms in total. The van der Waals surface area contributed by atoms with Crippen molar-refractivity contribution in [2.24, 2.45) is 0 Å². The van der Waals surface area contributed by atoms with Crippen LogP contribution in [0.25, 0.3) is 0 Å². The van der Waals surface area contributed by atoms with Gasteiger partial charge >= 0.3 is 5.97 Å². The lowest BCUT2D eigenvalue weighted by Crippen LogP contribution is -2.46. The summed E-state index contributed by atoms with van der Waals surface area (Å²) in [4.78, 5) is 10.6. The Morgan fingerprint density at radius 2 is 1.33 bits per heavy atom. The van der Waals surface area contributed by atoms with E-state index in [4.69, 9.17) is 5.11 Å². The van der Waals surface area contributed by atoms with Gasteiger partial charge in [0.1, 0.15) is 12.6 Å². The van der Waals surface area contributed by atoms with E-state index in [9.17, 15) is 9.90 Å². The second-order valence-electron chi connectivity index (χ2n) is 8.31. The molecule has 2 N–H and O–H groups in total. The fraction of sp³-hybridized carbons (Fsp3) is 0.783. The largest absolute Gasteiger partial charge is 0.481 e. The number of quaternary nitrogens is 1. The van der Waals surface area contributed by atoms with E-state index in [1.807, 2.05) is 14.1 Å². The Balaban J connectivity index is 3.52. The summed E-state index contributed by atoms with van der Waals surface area (Å²) in [6, 6.07) is 0. The van der Waals surface area contributed by atoms with Crippen molar-refractivity contribution in [3.63, 3.8) is 0 Å².